The molecule has 3 nitrogen and oxygen atoms in total. The number of nitriles is 1. The fourth-order valence-electron chi connectivity index (χ4n) is 1.22. The first-order valence-corrected chi connectivity index (χ1v) is 4.94. The van der Waals surface area contributed by atoms with Crippen molar-refractivity contribution in [3.05, 3.63) is 28.8 Å². The molecule has 0 aliphatic carbocycles. The Kier molecular flexibility index (Phi) is 3.70. The summed E-state index contributed by atoms with van der Waals surface area (Å²) in [5.41, 5.74) is 1.11. The zero-order valence-corrected chi connectivity index (χ0v) is 9.38. The topological polar surface area (TPSA) is 44.1 Å². The van der Waals surface area contributed by atoms with Crippen LogP contribution in [0.1, 0.15) is 18.9 Å². The zero-order valence-electron chi connectivity index (χ0n) is 8.62. The van der Waals surface area contributed by atoms with E-state index < -0.39 is 0 Å². The molecule has 0 N–H and O–H groups in total. The van der Waals surface area contributed by atoms with Gasteiger partial charge in [0.1, 0.15) is 0 Å². The van der Waals surface area contributed by atoms with Gasteiger partial charge < -0.3 is 4.90 Å². The number of amides is 1. The molecule has 4 heteroatoms. The van der Waals surface area contributed by atoms with Gasteiger partial charge in [-0.1, -0.05) is 18.5 Å². The average Bonchev–Trinajstić information content (AvgIpc) is 2.26. The van der Waals surface area contributed by atoms with E-state index >= 15 is 0 Å². The summed E-state index contributed by atoms with van der Waals surface area (Å²) in [5.74, 6) is -0.0124. The molecule has 0 heterocycles. The summed E-state index contributed by atoms with van der Waals surface area (Å²) in [6.45, 7) is 1.79. The third kappa shape index (κ3) is 2.48. The Balaban J connectivity index is 3.07. The molecule has 1 amide bonds. The van der Waals surface area contributed by atoms with E-state index in [4.69, 9.17) is 16.9 Å². The second kappa shape index (κ2) is 4.81. The van der Waals surface area contributed by atoms with Gasteiger partial charge in [0.15, 0.2) is 0 Å². The van der Waals surface area contributed by atoms with Crippen molar-refractivity contribution in [3.63, 3.8) is 0 Å². The van der Waals surface area contributed by atoms with Crippen molar-refractivity contribution in [2.45, 2.75) is 13.3 Å². The summed E-state index contributed by atoms with van der Waals surface area (Å²) in [4.78, 5) is 12.9. The lowest BCUT2D eigenvalue weighted by Crippen LogP contribution is -2.25. The van der Waals surface area contributed by atoms with E-state index in [-0.39, 0.29) is 5.91 Å². The van der Waals surface area contributed by atoms with E-state index in [2.05, 4.69) is 0 Å². The van der Waals surface area contributed by atoms with Gasteiger partial charge in [-0.15, -0.1) is 0 Å². The number of benzene rings is 1. The third-order valence-electron chi connectivity index (χ3n) is 2.11. The highest BCUT2D eigenvalue weighted by Gasteiger charge is 2.12. The Labute approximate surface area is 93.9 Å². The maximum atomic E-state index is 11.4. The van der Waals surface area contributed by atoms with Crippen molar-refractivity contribution in [1.82, 2.24) is 0 Å². The first-order valence-electron chi connectivity index (χ1n) is 4.56. The van der Waals surface area contributed by atoms with Crippen LogP contribution in [0.3, 0.4) is 0 Å². The largest absolute Gasteiger partial charge is 0.314 e. The molecule has 78 valence electrons. The summed E-state index contributed by atoms with van der Waals surface area (Å²) in [6.07, 6.45) is 0.423. The Hall–Kier alpha value is -1.53. The number of carbonyl (C=O) groups is 1. The first kappa shape index (κ1) is 11.5. The second-order valence-electron chi connectivity index (χ2n) is 3.08. The van der Waals surface area contributed by atoms with Crippen LogP contribution < -0.4 is 4.90 Å². The van der Waals surface area contributed by atoms with Crippen LogP contribution >= 0.6 is 11.6 Å². The molecule has 1 aromatic carbocycles. The molecule has 1 aromatic rings. The van der Waals surface area contributed by atoms with Gasteiger partial charge >= 0.3 is 0 Å². The van der Waals surface area contributed by atoms with Crippen LogP contribution in [-0.2, 0) is 4.79 Å². The predicted octanol–water partition coefficient (Wildman–Crippen LogP) is 2.58. The van der Waals surface area contributed by atoms with Crippen LogP contribution in [0, 0.1) is 11.3 Å². The van der Waals surface area contributed by atoms with Crippen molar-refractivity contribution < 1.29 is 4.79 Å². The fraction of sp³-hybridized carbons (Fsp3) is 0.273. The van der Waals surface area contributed by atoms with E-state index in [0.29, 0.717) is 22.7 Å². The molecule has 0 saturated heterocycles. The van der Waals surface area contributed by atoms with Gasteiger partial charge in [-0.05, 0) is 18.2 Å². The van der Waals surface area contributed by atoms with Crippen molar-refractivity contribution in [3.8, 4) is 6.07 Å². The van der Waals surface area contributed by atoms with Gasteiger partial charge in [-0.25, -0.2) is 0 Å². The minimum Gasteiger partial charge on any atom is -0.314 e. The molecule has 0 saturated carbocycles. The molecule has 0 fully saturated rings. The molecule has 0 bridgehead atoms. The summed E-state index contributed by atoms with van der Waals surface area (Å²) in [6, 6.07) is 6.86. The van der Waals surface area contributed by atoms with Crippen molar-refractivity contribution in [1.29, 1.82) is 5.26 Å². The van der Waals surface area contributed by atoms with Crippen LogP contribution in [0.5, 0.6) is 0 Å². The first-order chi connectivity index (χ1) is 7.10. The Morgan fingerprint density at radius 2 is 2.27 bits per heavy atom. The minimum absolute atomic E-state index is 0.0124. The van der Waals surface area contributed by atoms with Crippen molar-refractivity contribution >= 4 is 23.2 Å². The molecule has 15 heavy (non-hydrogen) atoms. The summed E-state index contributed by atoms with van der Waals surface area (Å²) < 4.78 is 0. The average molecular weight is 223 g/mol. The van der Waals surface area contributed by atoms with E-state index in [1.165, 1.54) is 4.90 Å². The monoisotopic (exact) mass is 222 g/mol. The molecule has 0 aliphatic rings. The van der Waals surface area contributed by atoms with Gasteiger partial charge in [0.25, 0.3) is 0 Å². The molecule has 0 unspecified atom stereocenters. The molecule has 0 spiro atoms. The van der Waals surface area contributed by atoms with Crippen molar-refractivity contribution in [2.75, 3.05) is 11.9 Å². The number of nitrogens with zero attached hydrogens (tertiary/aromatic N) is 2. The quantitative estimate of drug-likeness (QED) is 0.772. The standard InChI is InChI=1S/C11H11ClN2O/c1-3-11(15)14(2)10-5-4-8(7-13)6-9(10)12/h4-6H,3H2,1-2H3. The molecule has 0 atom stereocenters. The predicted molar refractivity (Wildman–Crippen MR) is 59.9 cm³/mol. The lowest BCUT2D eigenvalue weighted by molar-refractivity contribution is -0.118. The zero-order chi connectivity index (χ0) is 11.4. The molecule has 0 aliphatic heterocycles. The third-order valence-corrected chi connectivity index (χ3v) is 2.42. The fourth-order valence-corrected chi connectivity index (χ4v) is 1.53. The number of carbonyl (C=O) groups excluding carboxylic acids is 1. The Bertz CT molecular complexity index is 423. The normalized spacial score (nSPS) is 9.47. The highest BCUT2D eigenvalue weighted by molar-refractivity contribution is 6.33. The van der Waals surface area contributed by atoms with Gasteiger partial charge in [0.2, 0.25) is 5.91 Å². The van der Waals surface area contributed by atoms with Crippen LogP contribution in [0.25, 0.3) is 0 Å². The van der Waals surface area contributed by atoms with E-state index in [1.807, 2.05) is 6.07 Å². The maximum absolute atomic E-state index is 11.4. The smallest absolute Gasteiger partial charge is 0.226 e. The van der Waals surface area contributed by atoms with Gasteiger partial charge in [0, 0.05) is 13.5 Å². The summed E-state index contributed by atoms with van der Waals surface area (Å²) >= 11 is 5.96. The minimum atomic E-state index is -0.0124. The Morgan fingerprint density at radius 1 is 1.60 bits per heavy atom. The van der Waals surface area contributed by atoms with Crippen molar-refractivity contribution in [2.24, 2.45) is 0 Å². The number of anilines is 1. The number of hydrogen-bond acceptors (Lipinski definition) is 2. The summed E-state index contributed by atoms with van der Waals surface area (Å²) in [5, 5.41) is 9.07. The van der Waals surface area contributed by atoms with Gasteiger partial charge in [-0.2, -0.15) is 5.26 Å². The SMILES string of the molecule is CCC(=O)N(C)c1ccc(C#N)cc1Cl. The summed E-state index contributed by atoms with van der Waals surface area (Å²) in [7, 11) is 1.67. The van der Waals surface area contributed by atoms with E-state index in [1.54, 1.807) is 32.2 Å². The van der Waals surface area contributed by atoms with Crippen LogP contribution in [0.15, 0.2) is 18.2 Å². The van der Waals surface area contributed by atoms with E-state index in [9.17, 15) is 4.79 Å². The highest BCUT2D eigenvalue weighted by atomic mass is 35.5. The van der Waals surface area contributed by atoms with Gasteiger partial charge in [-0.3, -0.25) is 4.79 Å². The molecule has 0 aromatic heterocycles. The number of hydrogen-bond donors (Lipinski definition) is 0. The lowest BCUT2D eigenvalue weighted by Gasteiger charge is -2.17. The number of rotatable bonds is 2. The van der Waals surface area contributed by atoms with Crippen LogP contribution in [0.2, 0.25) is 5.02 Å². The van der Waals surface area contributed by atoms with Crippen LogP contribution in [0.4, 0.5) is 5.69 Å². The number of halogens is 1. The molecular weight excluding hydrogens is 212 g/mol. The van der Waals surface area contributed by atoms with E-state index in [0.717, 1.165) is 0 Å². The van der Waals surface area contributed by atoms with Crippen LogP contribution in [-0.4, -0.2) is 13.0 Å². The second-order valence-corrected chi connectivity index (χ2v) is 3.49. The highest BCUT2D eigenvalue weighted by Crippen LogP contribution is 2.26. The molecule has 1 rings (SSSR count). The Morgan fingerprint density at radius 3 is 2.73 bits per heavy atom. The molecule has 0 radical (unpaired) electrons. The van der Waals surface area contributed by atoms with Gasteiger partial charge in [0.05, 0.1) is 22.3 Å². The lowest BCUT2D eigenvalue weighted by atomic mass is 10.2. The maximum Gasteiger partial charge on any atom is 0.226 e. The molecular formula is C11H11ClN2O.